The van der Waals surface area contributed by atoms with E-state index in [-0.39, 0.29) is 22.5 Å². The van der Waals surface area contributed by atoms with Crippen LogP contribution in [-0.2, 0) is 0 Å². The average Bonchev–Trinajstić information content (AvgIpc) is 2.71. The number of fused-ring (bicyclic) bond motifs is 1. The molecule has 1 aliphatic heterocycles. The fraction of sp³-hybridized carbons (Fsp3) is 0.0667. The number of Topliss-reactive ketones (excluding diaryl/α,β-unsaturated/α-hetero) is 1. The highest BCUT2D eigenvalue weighted by atomic mass is 19.1. The van der Waals surface area contributed by atoms with E-state index in [1.54, 1.807) is 12.1 Å². The zero-order valence-electron chi connectivity index (χ0n) is 10.6. The fourth-order valence-electron chi connectivity index (χ4n) is 2.30. The van der Waals surface area contributed by atoms with Gasteiger partial charge in [-0.2, -0.15) is 4.74 Å². The monoisotopic (exact) mass is 271 g/mol. The molecule has 0 unspecified atom stereocenters. The molecule has 0 aromatic heterocycles. The van der Waals surface area contributed by atoms with Crippen LogP contribution in [0.2, 0.25) is 0 Å². The summed E-state index contributed by atoms with van der Waals surface area (Å²) >= 11 is 0. The van der Waals surface area contributed by atoms with E-state index in [4.69, 9.17) is 4.74 Å². The highest BCUT2D eigenvalue weighted by Gasteiger charge is 2.39. The van der Waals surface area contributed by atoms with Crippen molar-refractivity contribution < 1.29 is 18.7 Å². The zero-order chi connectivity index (χ0) is 14.3. The van der Waals surface area contributed by atoms with Crippen LogP contribution in [0.15, 0.2) is 42.5 Å². The van der Waals surface area contributed by atoms with E-state index >= 15 is 0 Å². The summed E-state index contributed by atoms with van der Waals surface area (Å²) in [7, 11) is 1.43. The normalized spacial score (nSPS) is 13.6. The minimum atomic E-state index is -0.501. The first-order valence-electron chi connectivity index (χ1n) is 5.95. The number of hydrogen-bond donors (Lipinski definition) is 0. The molecule has 1 aliphatic rings. The van der Waals surface area contributed by atoms with Crippen LogP contribution < -0.4 is 4.74 Å². The largest absolute Gasteiger partial charge is 0.618 e. The Balaban J connectivity index is 2.21. The third-order valence-electron chi connectivity index (χ3n) is 3.19. The van der Waals surface area contributed by atoms with Gasteiger partial charge in [-0.15, -0.1) is 0 Å². The second-order valence-corrected chi connectivity index (χ2v) is 4.34. The number of halogens is 1. The molecule has 2 aromatic rings. The van der Waals surface area contributed by atoms with Gasteiger partial charge in [0.25, 0.3) is 11.5 Å². The smallest absolute Gasteiger partial charge is 0.273 e. The summed E-state index contributed by atoms with van der Waals surface area (Å²) in [6.45, 7) is 0. The lowest BCUT2D eigenvalue weighted by molar-refractivity contribution is -0.355. The highest BCUT2D eigenvalue weighted by molar-refractivity contribution is 6.52. The van der Waals surface area contributed by atoms with Crippen LogP contribution in [0.4, 0.5) is 10.1 Å². The summed E-state index contributed by atoms with van der Waals surface area (Å²) in [6.07, 6.45) is 0. The topological polar surface area (TPSA) is 52.4 Å². The lowest BCUT2D eigenvalue weighted by atomic mass is 10.0. The Kier molecular flexibility index (Phi) is 2.75. The number of hydrogen-bond acceptors (Lipinski definition) is 3. The van der Waals surface area contributed by atoms with Gasteiger partial charge in [0.2, 0.25) is 5.69 Å². The average molecular weight is 271 g/mol. The summed E-state index contributed by atoms with van der Waals surface area (Å²) in [5.41, 5.74) is 0.588. The Morgan fingerprint density at radius 3 is 2.65 bits per heavy atom. The molecule has 0 spiro atoms. The van der Waals surface area contributed by atoms with E-state index in [1.165, 1.54) is 31.4 Å². The predicted octanol–water partition coefficient (Wildman–Crippen LogP) is 2.66. The molecular formula is C15H10FNO3. The molecule has 0 bridgehead atoms. The van der Waals surface area contributed by atoms with Crippen molar-refractivity contribution in [1.29, 1.82) is 0 Å². The Morgan fingerprint density at radius 1 is 1.20 bits per heavy atom. The van der Waals surface area contributed by atoms with E-state index in [1.807, 2.05) is 0 Å². The van der Waals surface area contributed by atoms with Gasteiger partial charge in [0, 0.05) is 6.07 Å². The van der Waals surface area contributed by atoms with E-state index in [9.17, 15) is 14.4 Å². The van der Waals surface area contributed by atoms with Gasteiger partial charge < -0.3 is 9.94 Å². The number of ketones is 1. The molecule has 2 aromatic carbocycles. The number of rotatable bonds is 2. The van der Waals surface area contributed by atoms with E-state index in [0.717, 1.165) is 6.07 Å². The maximum Gasteiger partial charge on any atom is 0.273 e. The Morgan fingerprint density at radius 2 is 1.95 bits per heavy atom. The van der Waals surface area contributed by atoms with Crippen LogP contribution in [0.5, 0.6) is 5.75 Å². The molecule has 0 fully saturated rings. The molecular weight excluding hydrogens is 261 g/mol. The third kappa shape index (κ3) is 1.67. The Bertz CT molecular complexity index is 753. The van der Waals surface area contributed by atoms with Crippen LogP contribution in [-0.4, -0.2) is 23.3 Å². The fourth-order valence-corrected chi connectivity index (χ4v) is 2.30. The van der Waals surface area contributed by atoms with Crippen molar-refractivity contribution in [1.82, 2.24) is 0 Å². The standard InChI is InChI=1S/C15H10FNO3/c1-20-12-7-3-6-11-13(12)15(18)14(17(11)19)9-4-2-5-10(16)8-9/h2-8H,1H3. The molecule has 1 heterocycles. The number of nitrogens with zero attached hydrogens (tertiary/aromatic N) is 1. The first-order valence-corrected chi connectivity index (χ1v) is 5.95. The number of carbonyl (C=O) groups is 1. The van der Waals surface area contributed by atoms with Gasteiger partial charge in [-0.1, -0.05) is 12.1 Å². The van der Waals surface area contributed by atoms with Gasteiger partial charge in [-0.05, 0) is 24.3 Å². The molecule has 0 aliphatic carbocycles. The van der Waals surface area contributed by atoms with Gasteiger partial charge in [-0.3, -0.25) is 4.79 Å². The molecule has 0 amide bonds. The van der Waals surface area contributed by atoms with Gasteiger partial charge >= 0.3 is 0 Å². The van der Waals surface area contributed by atoms with Crippen molar-refractivity contribution in [2.45, 2.75) is 0 Å². The van der Waals surface area contributed by atoms with Crippen molar-refractivity contribution in [3.05, 3.63) is 64.6 Å². The minimum Gasteiger partial charge on any atom is -0.618 e. The molecule has 20 heavy (non-hydrogen) atoms. The number of carbonyl (C=O) groups excluding carboxylic acids is 1. The van der Waals surface area contributed by atoms with Gasteiger partial charge in [0.15, 0.2) is 0 Å². The molecule has 0 saturated heterocycles. The summed E-state index contributed by atoms with van der Waals surface area (Å²) < 4.78 is 18.9. The van der Waals surface area contributed by atoms with Crippen LogP contribution in [0.3, 0.4) is 0 Å². The summed E-state index contributed by atoms with van der Waals surface area (Å²) in [6, 6.07) is 10.2. The molecule has 0 N–H and O–H groups in total. The van der Waals surface area contributed by atoms with Crippen LogP contribution in [0.25, 0.3) is 0 Å². The molecule has 100 valence electrons. The second-order valence-electron chi connectivity index (χ2n) is 4.34. The maximum atomic E-state index is 13.3. The first kappa shape index (κ1) is 12.3. The molecule has 3 rings (SSSR count). The summed E-state index contributed by atoms with van der Waals surface area (Å²) in [5.74, 6) is -0.628. The highest BCUT2D eigenvalue weighted by Crippen LogP contribution is 2.34. The molecule has 4 nitrogen and oxygen atoms in total. The van der Waals surface area contributed by atoms with Gasteiger partial charge in [0.1, 0.15) is 17.1 Å². The van der Waals surface area contributed by atoms with E-state index in [2.05, 4.69) is 0 Å². The molecule has 0 saturated carbocycles. The van der Waals surface area contributed by atoms with Crippen molar-refractivity contribution in [2.75, 3.05) is 7.11 Å². The van der Waals surface area contributed by atoms with E-state index < -0.39 is 11.6 Å². The molecule has 0 radical (unpaired) electrons. The predicted molar refractivity (Wildman–Crippen MR) is 71.1 cm³/mol. The number of benzene rings is 2. The number of ether oxygens (including phenoxy) is 1. The van der Waals surface area contributed by atoms with E-state index in [0.29, 0.717) is 10.5 Å². The van der Waals surface area contributed by atoms with Crippen molar-refractivity contribution in [3.63, 3.8) is 0 Å². The summed E-state index contributed by atoms with van der Waals surface area (Å²) in [4.78, 5) is 12.4. The van der Waals surface area contributed by atoms with Crippen molar-refractivity contribution in [3.8, 4) is 5.75 Å². The van der Waals surface area contributed by atoms with Crippen molar-refractivity contribution >= 4 is 17.2 Å². The van der Waals surface area contributed by atoms with Crippen LogP contribution in [0.1, 0.15) is 15.9 Å². The van der Waals surface area contributed by atoms with Crippen LogP contribution in [0, 0.1) is 11.0 Å². The lowest BCUT2D eigenvalue weighted by Gasteiger charge is -2.03. The summed E-state index contributed by atoms with van der Waals surface area (Å²) in [5, 5.41) is 12.3. The van der Waals surface area contributed by atoms with Gasteiger partial charge in [-0.25, -0.2) is 4.39 Å². The van der Waals surface area contributed by atoms with Crippen LogP contribution >= 0.6 is 0 Å². The van der Waals surface area contributed by atoms with Crippen molar-refractivity contribution in [2.24, 2.45) is 0 Å². The molecule has 0 atom stereocenters. The first-order chi connectivity index (χ1) is 9.63. The molecule has 5 heteroatoms. The Labute approximate surface area is 114 Å². The zero-order valence-corrected chi connectivity index (χ0v) is 10.6. The lowest BCUT2D eigenvalue weighted by Crippen LogP contribution is -2.17. The SMILES string of the molecule is COc1cccc2c1C(=O)C(c1cccc(F)c1)=[N+]2[O-]. The maximum absolute atomic E-state index is 13.3. The van der Waals surface area contributed by atoms with Gasteiger partial charge in [0.05, 0.1) is 12.7 Å². The minimum absolute atomic E-state index is 0.0935. The second kappa shape index (κ2) is 4.45. The quantitative estimate of drug-likeness (QED) is 0.623. The third-order valence-corrected chi connectivity index (χ3v) is 3.19. The Hall–Kier alpha value is -2.69. The number of methoxy groups -OCH3 is 1.